The molecule has 0 aromatic heterocycles. The molecular formula is C9H14O3. The number of carbonyl (C=O) groups is 3. The van der Waals surface area contributed by atoms with E-state index in [1.54, 1.807) is 13.8 Å². The van der Waals surface area contributed by atoms with Gasteiger partial charge in [0.2, 0.25) is 0 Å². The van der Waals surface area contributed by atoms with Crippen LogP contribution in [0, 0.1) is 5.92 Å². The molecule has 0 bridgehead atoms. The molecule has 0 aliphatic carbocycles. The van der Waals surface area contributed by atoms with Crippen LogP contribution in [0.1, 0.15) is 33.1 Å². The molecule has 0 unspecified atom stereocenters. The first-order valence-electron chi connectivity index (χ1n) is 4.06. The highest BCUT2D eigenvalue weighted by Gasteiger charge is 2.09. The van der Waals surface area contributed by atoms with E-state index in [2.05, 4.69) is 0 Å². The Balaban J connectivity index is 3.61. The van der Waals surface area contributed by atoms with Crippen LogP contribution in [0.15, 0.2) is 0 Å². The predicted octanol–water partition coefficient (Wildman–Crippen LogP) is 1.15. The van der Waals surface area contributed by atoms with Crippen LogP contribution in [0.4, 0.5) is 0 Å². The molecule has 0 saturated heterocycles. The van der Waals surface area contributed by atoms with Crippen molar-refractivity contribution in [2.24, 2.45) is 5.92 Å². The third kappa shape index (κ3) is 4.77. The highest BCUT2D eigenvalue weighted by molar-refractivity contribution is 5.92. The van der Waals surface area contributed by atoms with Gasteiger partial charge in [-0.25, -0.2) is 0 Å². The maximum atomic E-state index is 11.0. The Morgan fingerprint density at radius 3 is 2.25 bits per heavy atom. The highest BCUT2D eigenvalue weighted by atomic mass is 16.1. The zero-order valence-corrected chi connectivity index (χ0v) is 7.50. The first-order valence-corrected chi connectivity index (χ1v) is 4.06. The molecule has 0 spiro atoms. The van der Waals surface area contributed by atoms with Crippen molar-refractivity contribution in [3.8, 4) is 0 Å². The van der Waals surface area contributed by atoms with E-state index < -0.39 is 0 Å². The fourth-order valence-corrected chi connectivity index (χ4v) is 0.746. The van der Waals surface area contributed by atoms with E-state index in [1.807, 2.05) is 0 Å². The molecule has 0 rings (SSSR count). The molecule has 3 nitrogen and oxygen atoms in total. The van der Waals surface area contributed by atoms with Crippen LogP contribution in [0.25, 0.3) is 0 Å². The lowest BCUT2D eigenvalue weighted by molar-refractivity contribution is -0.127. The van der Waals surface area contributed by atoms with Crippen molar-refractivity contribution in [1.29, 1.82) is 0 Å². The molecule has 0 atom stereocenters. The monoisotopic (exact) mass is 170 g/mol. The van der Waals surface area contributed by atoms with E-state index in [1.165, 1.54) is 0 Å². The standard InChI is InChI=1S/C9H14O3/c1-7(2)9(12)4-3-8(11)5-6-10/h6-7H,3-5H2,1-2H3. The summed E-state index contributed by atoms with van der Waals surface area (Å²) in [5, 5.41) is 0. The minimum absolute atomic E-state index is 0.0194. The lowest BCUT2D eigenvalue weighted by atomic mass is 10.0. The summed E-state index contributed by atoms with van der Waals surface area (Å²) in [4.78, 5) is 31.7. The lowest BCUT2D eigenvalue weighted by Gasteiger charge is -2.01. The average molecular weight is 170 g/mol. The number of hydrogen-bond donors (Lipinski definition) is 0. The van der Waals surface area contributed by atoms with Crippen molar-refractivity contribution < 1.29 is 14.4 Å². The Hall–Kier alpha value is -0.990. The number of carbonyl (C=O) groups excluding carboxylic acids is 3. The number of aldehydes is 1. The van der Waals surface area contributed by atoms with Crippen LogP contribution in [-0.4, -0.2) is 17.9 Å². The van der Waals surface area contributed by atoms with Gasteiger partial charge in [-0.3, -0.25) is 9.59 Å². The molecule has 3 heteroatoms. The van der Waals surface area contributed by atoms with E-state index in [0.29, 0.717) is 6.29 Å². The van der Waals surface area contributed by atoms with Gasteiger partial charge < -0.3 is 4.79 Å². The van der Waals surface area contributed by atoms with Crippen molar-refractivity contribution in [3.05, 3.63) is 0 Å². The van der Waals surface area contributed by atoms with Crippen molar-refractivity contribution in [2.45, 2.75) is 33.1 Å². The van der Waals surface area contributed by atoms with E-state index in [0.717, 1.165) is 0 Å². The van der Waals surface area contributed by atoms with Gasteiger partial charge in [0.05, 0.1) is 6.42 Å². The van der Waals surface area contributed by atoms with Gasteiger partial charge in [-0.05, 0) is 0 Å². The smallest absolute Gasteiger partial charge is 0.140 e. The second kappa shape index (κ2) is 5.63. The maximum absolute atomic E-state index is 11.0. The summed E-state index contributed by atoms with van der Waals surface area (Å²) >= 11 is 0. The first kappa shape index (κ1) is 11.0. The normalized spacial score (nSPS) is 9.92. The Morgan fingerprint density at radius 1 is 1.25 bits per heavy atom. The summed E-state index contributed by atoms with van der Waals surface area (Å²) in [6.07, 6.45) is 0.980. The first-order chi connectivity index (χ1) is 5.57. The number of Topliss-reactive ketones (excluding diaryl/α,β-unsaturated/α-hetero) is 2. The SMILES string of the molecule is CC(C)C(=O)CCC(=O)CC=O. The van der Waals surface area contributed by atoms with E-state index >= 15 is 0 Å². The Bertz CT molecular complexity index is 182. The van der Waals surface area contributed by atoms with Gasteiger partial charge in [0.15, 0.2) is 0 Å². The molecule has 12 heavy (non-hydrogen) atoms. The summed E-state index contributed by atoms with van der Waals surface area (Å²) in [5.41, 5.74) is 0. The molecule has 0 N–H and O–H groups in total. The quantitative estimate of drug-likeness (QED) is 0.444. The topological polar surface area (TPSA) is 51.2 Å². The zero-order chi connectivity index (χ0) is 9.56. The fraction of sp³-hybridized carbons (Fsp3) is 0.667. The third-order valence-corrected chi connectivity index (χ3v) is 1.61. The summed E-state index contributed by atoms with van der Waals surface area (Å²) in [7, 11) is 0. The molecule has 0 radical (unpaired) electrons. The molecule has 0 amide bonds. The Kier molecular flexibility index (Phi) is 5.17. The van der Waals surface area contributed by atoms with E-state index in [4.69, 9.17) is 0 Å². The molecule has 0 aromatic carbocycles. The molecule has 0 aliphatic rings. The van der Waals surface area contributed by atoms with Crippen molar-refractivity contribution >= 4 is 17.9 Å². The maximum Gasteiger partial charge on any atom is 0.140 e. The highest BCUT2D eigenvalue weighted by Crippen LogP contribution is 2.02. The van der Waals surface area contributed by atoms with E-state index in [-0.39, 0.29) is 36.7 Å². The Morgan fingerprint density at radius 2 is 1.83 bits per heavy atom. The lowest BCUT2D eigenvalue weighted by Crippen LogP contribution is -2.09. The van der Waals surface area contributed by atoms with Gasteiger partial charge in [0, 0.05) is 18.8 Å². The van der Waals surface area contributed by atoms with Gasteiger partial charge in [-0.15, -0.1) is 0 Å². The van der Waals surface area contributed by atoms with Crippen LogP contribution in [0.5, 0.6) is 0 Å². The largest absolute Gasteiger partial charge is 0.303 e. The van der Waals surface area contributed by atoms with Crippen molar-refractivity contribution in [3.63, 3.8) is 0 Å². The third-order valence-electron chi connectivity index (χ3n) is 1.61. The van der Waals surface area contributed by atoms with Gasteiger partial charge in [0.1, 0.15) is 17.9 Å². The zero-order valence-electron chi connectivity index (χ0n) is 7.50. The second-order valence-corrected chi connectivity index (χ2v) is 3.03. The molecular weight excluding hydrogens is 156 g/mol. The molecule has 0 fully saturated rings. The summed E-state index contributed by atoms with van der Waals surface area (Å²) < 4.78 is 0. The van der Waals surface area contributed by atoms with Crippen LogP contribution in [0.3, 0.4) is 0 Å². The van der Waals surface area contributed by atoms with Gasteiger partial charge in [0.25, 0.3) is 0 Å². The molecule has 0 aromatic rings. The average Bonchev–Trinajstić information content (AvgIpc) is 2.00. The summed E-state index contributed by atoms with van der Waals surface area (Å²) in [6.45, 7) is 3.60. The van der Waals surface area contributed by atoms with Gasteiger partial charge in [-0.2, -0.15) is 0 Å². The minimum atomic E-state index is -0.154. The van der Waals surface area contributed by atoms with Crippen LogP contribution in [0.2, 0.25) is 0 Å². The van der Waals surface area contributed by atoms with Crippen molar-refractivity contribution in [2.75, 3.05) is 0 Å². The number of hydrogen-bond acceptors (Lipinski definition) is 3. The van der Waals surface area contributed by atoms with Gasteiger partial charge >= 0.3 is 0 Å². The summed E-state index contributed by atoms with van der Waals surface area (Å²) in [6, 6.07) is 0. The molecule has 0 aliphatic heterocycles. The minimum Gasteiger partial charge on any atom is -0.303 e. The second-order valence-electron chi connectivity index (χ2n) is 3.03. The van der Waals surface area contributed by atoms with Crippen molar-refractivity contribution in [1.82, 2.24) is 0 Å². The predicted molar refractivity (Wildman–Crippen MR) is 44.8 cm³/mol. The summed E-state index contributed by atoms with van der Waals surface area (Å²) in [5.74, 6) is -0.0951. The van der Waals surface area contributed by atoms with Crippen LogP contribution < -0.4 is 0 Å². The number of rotatable bonds is 6. The Labute approximate surface area is 72.1 Å². The fourth-order valence-electron chi connectivity index (χ4n) is 0.746. The molecule has 0 heterocycles. The molecule has 68 valence electrons. The van der Waals surface area contributed by atoms with E-state index in [9.17, 15) is 14.4 Å². The van der Waals surface area contributed by atoms with Crippen LogP contribution in [-0.2, 0) is 14.4 Å². The van der Waals surface area contributed by atoms with Crippen LogP contribution >= 0.6 is 0 Å². The van der Waals surface area contributed by atoms with Gasteiger partial charge in [-0.1, -0.05) is 13.8 Å². The molecule has 0 saturated carbocycles. The number of ketones is 2.